The Labute approximate surface area is 213 Å². The molecule has 9 heteroatoms. The predicted molar refractivity (Wildman–Crippen MR) is 136 cm³/mol. The second-order valence-corrected chi connectivity index (χ2v) is 9.00. The highest BCUT2D eigenvalue weighted by Gasteiger charge is 2.39. The molecule has 1 atom stereocenters. The second-order valence-electron chi connectivity index (χ2n) is 9.00. The lowest BCUT2D eigenvalue weighted by Crippen LogP contribution is -2.52. The van der Waals surface area contributed by atoms with Crippen LogP contribution in [0.5, 0.6) is 5.75 Å². The van der Waals surface area contributed by atoms with E-state index < -0.39 is 11.9 Å². The number of amides is 5. The summed E-state index contributed by atoms with van der Waals surface area (Å²) < 4.78 is 5.77. The number of ether oxygens (including phenoxy) is 1. The van der Waals surface area contributed by atoms with E-state index in [1.165, 1.54) is 4.90 Å². The standard InChI is InChI=1S/C28H26N4O5/c33-25-13-12-24(26(34)31-25)32-16-20-14-19(6-11-23(20)27(32)35)15-29-28(36)30-21-7-9-22(10-8-21)37-17-18-4-2-1-3-5-18/h1-11,14,24H,12-13,15-17H2,(H2,29,30,36)(H,31,33,34). The van der Waals surface area contributed by atoms with Gasteiger partial charge in [0.2, 0.25) is 11.8 Å². The van der Waals surface area contributed by atoms with Crippen LogP contribution in [0, 0.1) is 0 Å². The van der Waals surface area contributed by atoms with E-state index in [2.05, 4.69) is 16.0 Å². The van der Waals surface area contributed by atoms with Gasteiger partial charge in [0.1, 0.15) is 18.4 Å². The number of hydrogen-bond donors (Lipinski definition) is 3. The van der Waals surface area contributed by atoms with Crippen molar-refractivity contribution in [3.05, 3.63) is 95.1 Å². The summed E-state index contributed by atoms with van der Waals surface area (Å²) in [5, 5.41) is 7.91. The lowest BCUT2D eigenvalue weighted by Gasteiger charge is -2.29. The van der Waals surface area contributed by atoms with Crippen molar-refractivity contribution in [2.45, 2.75) is 38.6 Å². The number of piperidine rings is 1. The highest BCUT2D eigenvalue weighted by molar-refractivity contribution is 6.05. The fraction of sp³-hybridized carbons (Fsp3) is 0.214. The molecular weight excluding hydrogens is 472 g/mol. The van der Waals surface area contributed by atoms with Crippen molar-refractivity contribution in [3.8, 4) is 5.75 Å². The van der Waals surface area contributed by atoms with Crippen LogP contribution in [0.25, 0.3) is 0 Å². The zero-order valence-corrected chi connectivity index (χ0v) is 20.0. The van der Waals surface area contributed by atoms with Gasteiger partial charge in [0, 0.05) is 30.8 Å². The lowest BCUT2D eigenvalue weighted by atomic mass is 10.0. The molecule has 5 amide bonds. The summed E-state index contributed by atoms with van der Waals surface area (Å²) in [4.78, 5) is 50.4. The number of imide groups is 1. The van der Waals surface area contributed by atoms with E-state index in [4.69, 9.17) is 4.74 Å². The Kier molecular flexibility index (Phi) is 6.85. The molecule has 37 heavy (non-hydrogen) atoms. The Balaban J connectivity index is 1.12. The van der Waals surface area contributed by atoms with E-state index in [1.54, 1.807) is 36.4 Å². The fourth-order valence-corrected chi connectivity index (χ4v) is 4.47. The number of anilines is 1. The zero-order valence-electron chi connectivity index (χ0n) is 20.0. The third-order valence-corrected chi connectivity index (χ3v) is 6.40. The van der Waals surface area contributed by atoms with Gasteiger partial charge in [-0.3, -0.25) is 19.7 Å². The molecule has 0 spiro atoms. The van der Waals surface area contributed by atoms with Crippen molar-refractivity contribution < 1.29 is 23.9 Å². The number of urea groups is 1. The molecule has 3 aromatic carbocycles. The van der Waals surface area contributed by atoms with Crippen LogP contribution in [0.15, 0.2) is 72.8 Å². The normalized spacial score (nSPS) is 16.7. The first kappa shape index (κ1) is 24.1. The molecule has 2 aliphatic rings. The first-order valence-corrected chi connectivity index (χ1v) is 12.0. The third-order valence-electron chi connectivity index (χ3n) is 6.40. The molecule has 3 aromatic rings. The molecule has 0 radical (unpaired) electrons. The van der Waals surface area contributed by atoms with Crippen molar-refractivity contribution in [2.24, 2.45) is 0 Å². The topological polar surface area (TPSA) is 117 Å². The monoisotopic (exact) mass is 498 g/mol. The molecule has 0 aliphatic carbocycles. The zero-order chi connectivity index (χ0) is 25.8. The van der Waals surface area contributed by atoms with E-state index in [9.17, 15) is 19.2 Å². The van der Waals surface area contributed by atoms with Gasteiger partial charge in [-0.05, 0) is 53.4 Å². The smallest absolute Gasteiger partial charge is 0.319 e. The molecule has 188 valence electrons. The lowest BCUT2D eigenvalue weighted by molar-refractivity contribution is -0.136. The SMILES string of the molecule is O=C1CCC(N2Cc3cc(CNC(=O)Nc4ccc(OCc5ccccc5)cc4)ccc3C2=O)C(=O)N1. The molecule has 1 unspecified atom stereocenters. The van der Waals surface area contributed by atoms with Crippen molar-refractivity contribution >= 4 is 29.4 Å². The number of hydrogen-bond acceptors (Lipinski definition) is 5. The first-order valence-electron chi connectivity index (χ1n) is 12.0. The molecule has 2 aliphatic heterocycles. The fourth-order valence-electron chi connectivity index (χ4n) is 4.47. The number of benzene rings is 3. The van der Waals surface area contributed by atoms with Gasteiger partial charge >= 0.3 is 6.03 Å². The van der Waals surface area contributed by atoms with E-state index in [1.807, 2.05) is 36.4 Å². The van der Waals surface area contributed by atoms with Crippen LogP contribution in [0.4, 0.5) is 10.5 Å². The Morgan fingerprint density at radius 1 is 0.973 bits per heavy atom. The van der Waals surface area contributed by atoms with Gasteiger partial charge in [-0.2, -0.15) is 0 Å². The van der Waals surface area contributed by atoms with E-state index in [-0.39, 0.29) is 30.8 Å². The van der Waals surface area contributed by atoms with Crippen LogP contribution in [-0.2, 0) is 29.3 Å². The number of nitrogens with zero attached hydrogens (tertiary/aromatic N) is 1. The molecule has 5 rings (SSSR count). The van der Waals surface area contributed by atoms with Gasteiger partial charge in [-0.15, -0.1) is 0 Å². The Morgan fingerprint density at radius 2 is 1.76 bits per heavy atom. The van der Waals surface area contributed by atoms with E-state index in [0.717, 1.165) is 16.7 Å². The highest BCUT2D eigenvalue weighted by atomic mass is 16.5. The largest absolute Gasteiger partial charge is 0.489 e. The van der Waals surface area contributed by atoms with Crippen LogP contribution in [-0.4, -0.2) is 34.7 Å². The summed E-state index contributed by atoms with van der Waals surface area (Å²) in [7, 11) is 0. The van der Waals surface area contributed by atoms with Gasteiger partial charge in [-0.25, -0.2) is 4.79 Å². The van der Waals surface area contributed by atoms with Gasteiger partial charge < -0.3 is 20.3 Å². The second kappa shape index (κ2) is 10.5. The quantitative estimate of drug-likeness (QED) is 0.432. The Hall–Kier alpha value is -4.66. The molecule has 0 aromatic heterocycles. The summed E-state index contributed by atoms with van der Waals surface area (Å²) in [6.07, 6.45) is 0.531. The minimum absolute atomic E-state index is 0.213. The van der Waals surface area contributed by atoms with Crippen LogP contribution < -0.4 is 20.7 Å². The predicted octanol–water partition coefficient (Wildman–Crippen LogP) is 3.35. The van der Waals surface area contributed by atoms with Crippen molar-refractivity contribution in [3.63, 3.8) is 0 Å². The number of fused-ring (bicyclic) bond motifs is 1. The molecule has 2 heterocycles. The van der Waals surface area contributed by atoms with Crippen LogP contribution in [0.1, 0.15) is 39.9 Å². The molecule has 1 fully saturated rings. The van der Waals surface area contributed by atoms with E-state index in [0.29, 0.717) is 36.6 Å². The van der Waals surface area contributed by atoms with Crippen molar-refractivity contribution in [1.82, 2.24) is 15.5 Å². The maximum absolute atomic E-state index is 12.8. The van der Waals surface area contributed by atoms with Gasteiger partial charge in [0.05, 0.1) is 0 Å². The summed E-state index contributed by atoms with van der Waals surface area (Å²) >= 11 is 0. The van der Waals surface area contributed by atoms with Crippen molar-refractivity contribution in [2.75, 3.05) is 5.32 Å². The average molecular weight is 499 g/mol. The maximum Gasteiger partial charge on any atom is 0.319 e. The van der Waals surface area contributed by atoms with E-state index >= 15 is 0 Å². The third kappa shape index (κ3) is 5.61. The summed E-state index contributed by atoms with van der Waals surface area (Å²) in [6, 6.07) is 21.3. The number of rotatable bonds is 7. The minimum Gasteiger partial charge on any atom is -0.489 e. The molecule has 9 nitrogen and oxygen atoms in total. The molecule has 1 saturated heterocycles. The van der Waals surface area contributed by atoms with Gasteiger partial charge in [-0.1, -0.05) is 42.5 Å². The summed E-state index contributed by atoms with van der Waals surface area (Å²) in [5.41, 5.74) is 3.86. The number of carbonyl (C=O) groups is 4. The molecular formula is C28H26N4O5. The van der Waals surface area contributed by atoms with Crippen LogP contribution in [0.3, 0.4) is 0 Å². The minimum atomic E-state index is -0.653. The molecule has 0 saturated carbocycles. The summed E-state index contributed by atoms with van der Waals surface area (Å²) in [5.74, 6) is -0.275. The van der Waals surface area contributed by atoms with Crippen LogP contribution in [0.2, 0.25) is 0 Å². The Bertz CT molecular complexity index is 1340. The Morgan fingerprint density at radius 3 is 2.51 bits per heavy atom. The maximum atomic E-state index is 12.8. The number of carbonyl (C=O) groups excluding carboxylic acids is 4. The molecule has 3 N–H and O–H groups in total. The summed E-state index contributed by atoms with van der Waals surface area (Å²) in [6.45, 7) is 1.02. The first-order chi connectivity index (χ1) is 18.0. The van der Waals surface area contributed by atoms with Gasteiger partial charge in [0.15, 0.2) is 0 Å². The average Bonchev–Trinajstić information content (AvgIpc) is 3.23. The highest BCUT2D eigenvalue weighted by Crippen LogP contribution is 2.28. The van der Waals surface area contributed by atoms with Gasteiger partial charge in [0.25, 0.3) is 5.91 Å². The van der Waals surface area contributed by atoms with Crippen molar-refractivity contribution in [1.29, 1.82) is 0 Å². The number of nitrogens with one attached hydrogen (secondary N) is 3. The van der Waals surface area contributed by atoms with Crippen LogP contribution >= 0.6 is 0 Å². The molecule has 0 bridgehead atoms.